The monoisotopic (exact) mass is 392 g/mol. The Morgan fingerprint density at radius 1 is 1.57 bits per heavy atom. The van der Waals surface area contributed by atoms with Crippen molar-refractivity contribution in [3.8, 4) is 12.3 Å². The van der Waals surface area contributed by atoms with Crippen molar-refractivity contribution in [3.05, 3.63) is 22.5 Å². The van der Waals surface area contributed by atoms with Gasteiger partial charge in [-0.05, 0) is 26.2 Å². The van der Waals surface area contributed by atoms with E-state index in [4.69, 9.17) is 20.6 Å². The fourth-order valence-corrected chi connectivity index (χ4v) is 3.68. The normalized spacial score (nSPS) is 33.2. The van der Waals surface area contributed by atoms with Crippen LogP contribution in [-0.2, 0) is 14.2 Å². The summed E-state index contributed by atoms with van der Waals surface area (Å²) in [5, 5.41) is 9.73. The summed E-state index contributed by atoms with van der Waals surface area (Å²) in [7, 11) is 0. The second kappa shape index (κ2) is 7.25. The molecule has 0 bridgehead atoms. The molecule has 9 nitrogen and oxygen atoms in total. The Morgan fingerprint density at radius 2 is 2.39 bits per heavy atom. The Bertz CT molecular complexity index is 963. The molecule has 4 rings (SSSR count). The Balaban J connectivity index is 1.73. The van der Waals surface area contributed by atoms with Crippen LogP contribution in [0.2, 0.25) is 0 Å². The van der Waals surface area contributed by atoms with E-state index in [0.29, 0.717) is 18.9 Å². The molecule has 2 aromatic rings. The predicted molar refractivity (Wildman–Crippen MR) is 95.0 cm³/mol. The molecule has 5 atom stereocenters. The number of nitrogens with one attached hydrogen (secondary N) is 1. The van der Waals surface area contributed by atoms with Gasteiger partial charge in [-0.15, -0.1) is 6.42 Å². The van der Waals surface area contributed by atoms with E-state index in [0.717, 1.165) is 12.8 Å². The fourth-order valence-electron chi connectivity index (χ4n) is 3.68. The van der Waals surface area contributed by atoms with E-state index in [1.165, 1.54) is 10.9 Å². The Hall–Kier alpha value is -2.32. The molecule has 0 aromatic carbocycles. The first-order valence-corrected chi connectivity index (χ1v) is 9.11. The van der Waals surface area contributed by atoms with Crippen LogP contribution in [0.4, 0.5) is 4.39 Å². The number of ether oxygens (including phenoxy) is 3. The minimum absolute atomic E-state index is 0.0362. The summed E-state index contributed by atoms with van der Waals surface area (Å²) in [6, 6.07) is 0. The zero-order chi connectivity index (χ0) is 19.9. The Morgan fingerprint density at radius 3 is 3.07 bits per heavy atom. The van der Waals surface area contributed by atoms with Crippen LogP contribution in [0.15, 0.2) is 11.1 Å². The summed E-state index contributed by atoms with van der Waals surface area (Å²) in [4.78, 5) is 22.9. The number of aromatic amines is 1. The van der Waals surface area contributed by atoms with Crippen LogP contribution in [0.25, 0.3) is 11.2 Å². The van der Waals surface area contributed by atoms with Crippen LogP contribution in [0.1, 0.15) is 31.3 Å². The molecule has 0 amide bonds. The van der Waals surface area contributed by atoms with Gasteiger partial charge in [-0.3, -0.25) is 9.36 Å². The number of terminal acetylenes is 1. The van der Waals surface area contributed by atoms with Crippen molar-refractivity contribution in [1.82, 2.24) is 19.5 Å². The number of hydrogen-bond acceptors (Lipinski definition) is 7. The fraction of sp³-hybridized carbons (Fsp3) is 0.611. The smallest absolute Gasteiger partial charge is 0.279 e. The van der Waals surface area contributed by atoms with Crippen molar-refractivity contribution in [2.75, 3.05) is 13.2 Å². The molecule has 2 saturated heterocycles. The van der Waals surface area contributed by atoms with Crippen LogP contribution in [0, 0.1) is 19.3 Å². The number of halogens is 1. The molecule has 0 spiro atoms. The summed E-state index contributed by atoms with van der Waals surface area (Å²) >= 11 is 0. The van der Waals surface area contributed by atoms with Gasteiger partial charge < -0.3 is 24.3 Å². The third-order valence-corrected chi connectivity index (χ3v) is 5.06. The maximum atomic E-state index is 16.0. The minimum atomic E-state index is -2.43. The Kier molecular flexibility index (Phi) is 4.93. The number of rotatable bonds is 4. The highest BCUT2D eigenvalue weighted by Crippen LogP contribution is 2.44. The maximum absolute atomic E-state index is 16.0. The van der Waals surface area contributed by atoms with Gasteiger partial charge in [0, 0.05) is 6.61 Å². The van der Waals surface area contributed by atoms with Crippen LogP contribution < -0.4 is 5.56 Å². The van der Waals surface area contributed by atoms with Crippen LogP contribution in [0.3, 0.4) is 0 Å². The number of fused-ring (bicyclic) bond motifs is 1. The van der Waals surface area contributed by atoms with Crippen molar-refractivity contribution in [2.45, 2.75) is 56.6 Å². The second-order valence-electron chi connectivity index (χ2n) is 6.95. The highest BCUT2D eigenvalue weighted by molar-refractivity contribution is 5.69. The van der Waals surface area contributed by atoms with E-state index >= 15 is 4.39 Å². The minimum Gasteiger partial charge on any atom is -0.394 e. The molecule has 2 aliphatic rings. The average Bonchev–Trinajstić information content (AvgIpc) is 3.22. The topological polar surface area (TPSA) is 111 Å². The van der Waals surface area contributed by atoms with Gasteiger partial charge in [0.25, 0.3) is 5.56 Å². The number of aliphatic hydroxyl groups is 1. The number of alkyl halides is 1. The molecule has 0 saturated carbocycles. The molecule has 2 aromatic heterocycles. The lowest BCUT2D eigenvalue weighted by Crippen LogP contribution is -2.46. The van der Waals surface area contributed by atoms with Gasteiger partial charge in [-0.2, -0.15) is 0 Å². The van der Waals surface area contributed by atoms with Crippen molar-refractivity contribution >= 4 is 11.2 Å². The molecule has 0 aliphatic carbocycles. The number of imidazole rings is 1. The molecule has 4 heterocycles. The van der Waals surface area contributed by atoms with E-state index in [9.17, 15) is 9.90 Å². The number of H-pyrrole nitrogens is 1. The maximum Gasteiger partial charge on any atom is 0.279 e. The number of aromatic nitrogens is 4. The van der Waals surface area contributed by atoms with Crippen molar-refractivity contribution in [2.24, 2.45) is 0 Å². The molecule has 2 N–H and O–H groups in total. The van der Waals surface area contributed by atoms with Gasteiger partial charge in [0.15, 0.2) is 23.7 Å². The molecular formula is C18H21FN4O5. The van der Waals surface area contributed by atoms with Gasteiger partial charge in [0.05, 0.1) is 12.9 Å². The molecular weight excluding hydrogens is 371 g/mol. The number of aryl methyl sites for hydroxylation is 1. The highest BCUT2D eigenvalue weighted by Gasteiger charge is 2.59. The molecule has 1 unspecified atom stereocenters. The zero-order valence-electron chi connectivity index (χ0n) is 15.3. The lowest BCUT2D eigenvalue weighted by atomic mass is 9.96. The first kappa shape index (κ1) is 19.0. The van der Waals surface area contributed by atoms with E-state index in [1.54, 1.807) is 6.92 Å². The standard InChI is InChI=1S/C18H21FN4O5/c1-3-18(19)14(28-12-6-4-5-7-26-12)11(8-24)27-17(18)23-9-20-13-15(23)21-10(2)22-16(13)25/h1,9,11-12,14,17,24H,4-8H2,2H3,(H,21,22,25)/t11-,12?,14-,17-,18-/m1/s1. The van der Waals surface area contributed by atoms with Crippen molar-refractivity contribution in [3.63, 3.8) is 0 Å². The zero-order valence-corrected chi connectivity index (χ0v) is 15.3. The van der Waals surface area contributed by atoms with Crippen LogP contribution in [-0.4, -0.2) is 62.0 Å². The summed E-state index contributed by atoms with van der Waals surface area (Å²) in [5.74, 6) is 2.47. The molecule has 28 heavy (non-hydrogen) atoms. The predicted octanol–water partition coefficient (Wildman–Crippen LogP) is 0.571. The molecule has 150 valence electrons. The molecule has 10 heteroatoms. The van der Waals surface area contributed by atoms with E-state index < -0.39 is 42.6 Å². The van der Waals surface area contributed by atoms with Crippen molar-refractivity contribution in [1.29, 1.82) is 0 Å². The van der Waals surface area contributed by atoms with Crippen LogP contribution >= 0.6 is 0 Å². The van der Waals surface area contributed by atoms with E-state index in [2.05, 4.69) is 20.9 Å². The number of aliphatic hydroxyl groups excluding tert-OH is 1. The SMILES string of the molecule is C#C[C@@]1(F)[C@H](OC2CCCCO2)[C@@H](CO)O[C@H]1n1cnc2c(=O)[nH]c(C)nc21. The summed E-state index contributed by atoms with van der Waals surface area (Å²) in [6.07, 6.45) is 4.93. The quantitative estimate of drug-likeness (QED) is 0.732. The number of nitrogens with zero attached hydrogens (tertiary/aromatic N) is 3. The van der Waals surface area contributed by atoms with Gasteiger partial charge in [0.1, 0.15) is 18.0 Å². The summed E-state index contributed by atoms with van der Waals surface area (Å²) < 4.78 is 34.4. The van der Waals surface area contributed by atoms with Crippen LogP contribution in [0.5, 0.6) is 0 Å². The van der Waals surface area contributed by atoms with E-state index in [-0.39, 0.29) is 11.2 Å². The molecule has 0 radical (unpaired) electrons. The van der Waals surface area contributed by atoms with Gasteiger partial charge in [-0.25, -0.2) is 14.4 Å². The number of hydrogen-bond donors (Lipinski definition) is 2. The molecule has 2 fully saturated rings. The van der Waals surface area contributed by atoms with Gasteiger partial charge >= 0.3 is 0 Å². The summed E-state index contributed by atoms with van der Waals surface area (Å²) in [6.45, 7) is 1.61. The lowest BCUT2D eigenvalue weighted by Gasteiger charge is -2.31. The van der Waals surface area contributed by atoms with E-state index in [1.807, 2.05) is 0 Å². The first-order chi connectivity index (χ1) is 13.5. The summed E-state index contributed by atoms with van der Waals surface area (Å²) in [5.41, 5.74) is -2.71. The van der Waals surface area contributed by atoms with Crippen molar-refractivity contribution < 1.29 is 23.7 Å². The average molecular weight is 392 g/mol. The highest BCUT2D eigenvalue weighted by atomic mass is 19.1. The Labute approximate surface area is 159 Å². The van der Waals surface area contributed by atoms with Gasteiger partial charge in [0.2, 0.25) is 5.67 Å². The van der Waals surface area contributed by atoms with Gasteiger partial charge in [-0.1, -0.05) is 5.92 Å². The third kappa shape index (κ3) is 3.00. The largest absolute Gasteiger partial charge is 0.394 e. The second-order valence-corrected chi connectivity index (χ2v) is 6.95. The lowest BCUT2D eigenvalue weighted by molar-refractivity contribution is -0.211. The third-order valence-electron chi connectivity index (χ3n) is 5.06. The molecule has 2 aliphatic heterocycles. The first-order valence-electron chi connectivity index (χ1n) is 9.11.